The molecule has 0 fully saturated rings. The first kappa shape index (κ1) is 15.2. The molecule has 0 aromatic heterocycles. The first-order valence-corrected chi connectivity index (χ1v) is 6.61. The molecule has 0 radical (unpaired) electrons. The summed E-state index contributed by atoms with van der Waals surface area (Å²) in [5.41, 5.74) is 0. The molecule has 0 N–H and O–H groups in total. The SMILES string of the molecule is CCCCCCCC/C=C\CC(=O)OCC. The number of carbonyl (C=O) groups excluding carboxylic acids is 1. The summed E-state index contributed by atoms with van der Waals surface area (Å²) in [7, 11) is 0. The lowest BCUT2D eigenvalue weighted by molar-refractivity contribution is -0.142. The summed E-state index contributed by atoms with van der Waals surface area (Å²) < 4.78 is 4.82. The molecule has 0 atom stereocenters. The van der Waals surface area contributed by atoms with Gasteiger partial charge in [-0.05, 0) is 19.8 Å². The van der Waals surface area contributed by atoms with Gasteiger partial charge in [0.15, 0.2) is 0 Å². The fourth-order valence-electron chi connectivity index (χ4n) is 1.56. The van der Waals surface area contributed by atoms with Crippen molar-refractivity contribution in [2.24, 2.45) is 0 Å². The van der Waals surface area contributed by atoms with E-state index in [1.165, 1.54) is 38.5 Å². The molecule has 0 spiro atoms. The molecular weight excluding hydrogens is 200 g/mol. The van der Waals surface area contributed by atoms with E-state index < -0.39 is 0 Å². The Morgan fingerprint density at radius 2 is 1.69 bits per heavy atom. The van der Waals surface area contributed by atoms with E-state index >= 15 is 0 Å². The van der Waals surface area contributed by atoms with Gasteiger partial charge in [-0.15, -0.1) is 0 Å². The monoisotopic (exact) mass is 226 g/mol. The largest absolute Gasteiger partial charge is 0.466 e. The minimum absolute atomic E-state index is 0.123. The van der Waals surface area contributed by atoms with Gasteiger partial charge in [-0.3, -0.25) is 4.79 Å². The molecule has 2 heteroatoms. The summed E-state index contributed by atoms with van der Waals surface area (Å²) in [6.45, 7) is 4.54. The number of rotatable bonds is 10. The average molecular weight is 226 g/mol. The third kappa shape index (κ3) is 11.3. The lowest BCUT2D eigenvalue weighted by atomic mass is 10.1. The maximum Gasteiger partial charge on any atom is 0.309 e. The van der Waals surface area contributed by atoms with E-state index in [1.54, 1.807) is 0 Å². The van der Waals surface area contributed by atoms with Crippen molar-refractivity contribution < 1.29 is 9.53 Å². The highest BCUT2D eigenvalue weighted by atomic mass is 16.5. The second-order valence-electron chi connectivity index (χ2n) is 4.04. The Morgan fingerprint density at radius 1 is 1.00 bits per heavy atom. The Morgan fingerprint density at radius 3 is 2.38 bits per heavy atom. The fraction of sp³-hybridized carbons (Fsp3) is 0.786. The summed E-state index contributed by atoms with van der Waals surface area (Å²) in [6.07, 6.45) is 13.4. The summed E-state index contributed by atoms with van der Waals surface area (Å²) in [6, 6.07) is 0. The molecule has 0 heterocycles. The van der Waals surface area contributed by atoms with Crippen LogP contribution in [0, 0.1) is 0 Å². The van der Waals surface area contributed by atoms with Gasteiger partial charge in [0.1, 0.15) is 0 Å². The maximum atomic E-state index is 11.0. The number of esters is 1. The number of unbranched alkanes of at least 4 members (excludes halogenated alkanes) is 6. The van der Waals surface area contributed by atoms with Crippen LogP contribution < -0.4 is 0 Å². The summed E-state index contributed by atoms with van der Waals surface area (Å²) in [4.78, 5) is 11.0. The zero-order valence-electron chi connectivity index (χ0n) is 10.8. The van der Waals surface area contributed by atoms with E-state index in [0.717, 1.165) is 6.42 Å². The van der Waals surface area contributed by atoms with Gasteiger partial charge in [0.05, 0.1) is 13.0 Å². The van der Waals surface area contributed by atoms with E-state index in [4.69, 9.17) is 4.74 Å². The zero-order valence-corrected chi connectivity index (χ0v) is 10.8. The topological polar surface area (TPSA) is 26.3 Å². The summed E-state index contributed by atoms with van der Waals surface area (Å²) >= 11 is 0. The molecule has 0 saturated carbocycles. The van der Waals surface area contributed by atoms with Gasteiger partial charge in [-0.2, -0.15) is 0 Å². The van der Waals surface area contributed by atoms with E-state index in [9.17, 15) is 4.79 Å². The average Bonchev–Trinajstić information content (AvgIpc) is 2.27. The van der Waals surface area contributed by atoms with Gasteiger partial charge in [0, 0.05) is 0 Å². The van der Waals surface area contributed by atoms with Crippen LogP contribution in [0.5, 0.6) is 0 Å². The van der Waals surface area contributed by atoms with Gasteiger partial charge in [0.25, 0.3) is 0 Å². The Bertz CT molecular complexity index is 185. The van der Waals surface area contributed by atoms with Crippen LogP contribution in [0.3, 0.4) is 0 Å². The minimum Gasteiger partial charge on any atom is -0.466 e. The van der Waals surface area contributed by atoms with Gasteiger partial charge in [0.2, 0.25) is 0 Å². The van der Waals surface area contributed by atoms with Crippen LogP contribution >= 0.6 is 0 Å². The molecule has 0 aromatic carbocycles. The van der Waals surface area contributed by atoms with Crippen molar-refractivity contribution in [2.45, 2.75) is 65.2 Å². The minimum atomic E-state index is -0.123. The van der Waals surface area contributed by atoms with E-state index in [-0.39, 0.29) is 5.97 Å². The van der Waals surface area contributed by atoms with Crippen LogP contribution in [0.2, 0.25) is 0 Å². The molecule has 0 aliphatic carbocycles. The number of ether oxygens (including phenoxy) is 1. The van der Waals surface area contributed by atoms with Crippen molar-refractivity contribution in [3.05, 3.63) is 12.2 Å². The standard InChI is InChI=1S/C14H26O2/c1-3-5-6-7-8-9-10-11-12-13-14(15)16-4-2/h11-12H,3-10,13H2,1-2H3/b12-11-. The van der Waals surface area contributed by atoms with Crippen molar-refractivity contribution in [1.29, 1.82) is 0 Å². The molecule has 2 nitrogen and oxygen atoms in total. The van der Waals surface area contributed by atoms with Gasteiger partial charge in [-0.1, -0.05) is 51.2 Å². The van der Waals surface area contributed by atoms with Crippen LogP contribution in [-0.2, 0) is 9.53 Å². The molecule has 0 unspecified atom stereocenters. The van der Waals surface area contributed by atoms with Crippen LogP contribution in [0.1, 0.15) is 65.2 Å². The molecular formula is C14H26O2. The van der Waals surface area contributed by atoms with Crippen LogP contribution in [0.15, 0.2) is 12.2 Å². The maximum absolute atomic E-state index is 11.0. The quantitative estimate of drug-likeness (QED) is 0.316. The van der Waals surface area contributed by atoms with Crippen LogP contribution in [0.4, 0.5) is 0 Å². The van der Waals surface area contributed by atoms with Gasteiger partial charge < -0.3 is 4.74 Å². The molecule has 0 bridgehead atoms. The Hall–Kier alpha value is -0.790. The number of carbonyl (C=O) groups is 1. The molecule has 0 rings (SSSR count). The fourth-order valence-corrected chi connectivity index (χ4v) is 1.56. The highest BCUT2D eigenvalue weighted by Gasteiger charge is 1.95. The van der Waals surface area contributed by atoms with Gasteiger partial charge in [-0.25, -0.2) is 0 Å². The van der Waals surface area contributed by atoms with Crippen molar-refractivity contribution >= 4 is 5.97 Å². The highest BCUT2D eigenvalue weighted by Crippen LogP contribution is 2.07. The molecule has 0 amide bonds. The first-order chi connectivity index (χ1) is 7.81. The highest BCUT2D eigenvalue weighted by molar-refractivity contribution is 5.71. The Labute approximate surface area is 100 Å². The van der Waals surface area contributed by atoms with Crippen LogP contribution in [-0.4, -0.2) is 12.6 Å². The first-order valence-electron chi connectivity index (χ1n) is 6.61. The third-order valence-corrected chi connectivity index (χ3v) is 2.48. The summed E-state index contributed by atoms with van der Waals surface area (Å²) in [5.74, 6) is -0.123. The van der Waals surface area contributed by atoms with Crippen molar-refractivity contribution in [3.63, 3.8) is 0 Å². The van der Waals surface area contributed by atoms with Crippen LogP contribution in [0.25, 0.3) is 0 Å². The van der Waals surface area contributed by atoms with E-state index in [1.807, 2.05) is 13.0 Å². The Balaban J connectivity index is 3.18. The normalized spacial score (nSPS) is 10.9. The van der Waals surface area contributed by atoms with Crippen molar-refractivity contribution in [3.8, 4) is 0 Å². The predicted octanol–water partition coefficient (Wildman–Crippen LogP) is 4.25. The van der Waals surface area contributed by atoms with Crippen molar-refractivity contribution in [2.75, 3.05) is 6.61 Å². The molecule has 0 aliphatic rings. The van der Waals surface area contributed by atoms with Gasteiger partial charge >= 0.3 is 5.97 Å². The predicted molar refractivity (Wildman–Crippen MR) is 68.4 cm³/mol. The van der Waals surface area contributed by atoms with Crippen molar-refractivity contribution in [1.82, 2.24) is 0 Å². The summed E-state index contributed by atoms with van der Waals surface area (Å²) in [5, 5.41) is 0. The molecule has 0 aliphatic heterocycles. The Kier molecular flexibility index (Phi) is 11.7. The molecule has 0 saturated heterocycles. The second kappa shape index (κ2) is 12.3. The number of allylic oxidation sites excluding steroid dienone is 1. The smallest absolute Gasteiger partial charge is 0.309 e. The van der Waals surface area contributed by atoms with E-state index in [2.05, 4.69) is 13.0 Å². The lowest BCUT2D eigenvalue weighted by Gasteiger charge is -1.98. The number of hydrogen-bond donors (Lipinski definition) is 0. The number of hydrogen-bond acceptors (Lipinski definition) is 2. The zero-order chi connectivity index (χ0) is 12.1. The second-order valence-corrected chi connectivity index (χ2v) is 4.04. The third-order valence-electron chi connectivity index (χ3n) is 2.48. The molecule has 94 valence electrons. The molecule has 0 aromatic rings. The molecule has 16 heavy (non-hydrogen) atoms. The lowest BCUT2D eigenvalue weighted by Crippen LogP contribution is -2.01. The van der Waals surface area contributed by atoms with E-state index in [0.29, 0.717) is 13.0 Å².